The van der Waals surface area contributed by atoms with Crippen molar-refractivity contribution in [2.45, 2.75) is 65.6 Å². The molecular weight excluding hydrogens is 230 g/mol. The first-order chi connectivity index (χ1) is 8.22. The molecule has 1 amide bonds. The first-order valence-corrected chi connectivity index (χ1v) is 6.77. The molecule has 0 unspecified atom stereocenters. The average Bonchev–Trinajstić information content (AvgIpc) is 2.25. The molecule has 0 aromatic carbocycles. The van der Waals surface area contributed by atoms with Gasteiger partial charge in [0, 0.05) is 19.6 Å². The molecule has 0 saturated carbocycles. The van der Waals surface area contributed by atoms with Gasteiger partial charge >= 0.3 is 0 Å². The van der Waals surface area contributed by atoms with E-state index in [4.69, 9.17) is 9.47 Å². The van der Waals surface area contributed by atoms with Crippen molar-refractivity contribution in [3.8, 4) is 0 Å². The van der Waals surface area contributed by atoms with E-state index in [1.165, 1.54) is 0 Å². The second kappa shape index (κ2) is 7.74. The standard InChI is InChI=1S/C14H29NO3/c1-7-12(16)15-11-14(5,6)18-10-9-13(3,4)17-8-2/h7-11H2,1-6H3,(H,15,16). The molecule has 0 radical (unpaired) electrons. The van der Waals surface area contributed by atoms with Gasteiger partial charge in [0.2, 0.25) is 5.91 Å². The third-order valence-corrected chi connectivity index (χ3v) is 2.76. The molecule has 0 aliphatic rings. The number of carbonyl (C=O) groups excluding carboxylic acids is 1. The minimum Gasteiger partial charge on any atom is -0.376 e. The molecular formula is C14H29NO3. The number of hydrogen-bond donors (Lipinski definition) is 1. The zero-order valence-electron chi connectivity index (χ0n) is 12.8. The smallest absolute Gasteiger partial charge is 0.219 e. The van der Waals surface area contributed by atoms with Gasteiger partial charge < -0.3 is 14.8 Å². The van der Waals surface area contributed by atoms with E-state index < -0.39 is 0 Å². The van der Waals surface area contributed by atoms with Crippen LogP contribution in [0.15, 0.2) is 0 Å². The Morgan fingerprint density at radius 3 is 2.17 bits per heavy atom. The first kappa shape index (κ1) is 17.4. The summed E-state index contributed by atoms with van der Waals surface area (Å²) in [7, 11) is 0. The SMILES string of the molecule is CCOC(C)(C)CCOC(C)(C)CNC(=O)CC. The van der Waals surface area contributed by atoms with E-state index >= 15 is 0 Å². The lowest BCUT2D eigenvalue weighted by molar-refractivity contribution is -0.123. The maximum absolute atomic E-state index is 11.2. The van der Waals surface area contributed by atoms with Crippen molar-refractivity contribution < 1.29 is 14.3 Å². The Labute approximate surface area is 111 Å². The summed E-state index contributed by atoms with van der Waals surface area (Å²) in [5.41, 5.74) is -0.495. The molecule has 1 N–H and O–H groups in total. The highest BCUT2D eigenvalue weighted by Crippen LogP contribution is 2.16. The van der Waals surface area contributed by atoms with Gasteiger partial charge in [0.1, 0.15) is 0 Å². The van der Waals surface area contributed by atoms with E-state index in [2.05, 4.69) is 19.2 Å². The number of ether oxygens (including phenoxy) is 2. The van der Waals surface area contributed by atoms with Crippen LogP contribution in [0.4, 0.5) is 0 Å². The highest BCUT2D eigenvalue weighted by atomic mass is 16.5. The lowest BCUT2D eigenvalue weighted by Crippen LogP contribution is -2.41. The molecule has 0 aliphatic heterocycles. The van der Waals surface area contributed by atoms with Gasteiger partial charge in [0.25, 0.3) is 0 Å². The summed E-state index contributed by atoms with van der Waals surface area (Å²) in [6.07, 6.45) is 1.35. The van der Waals surface area contributed by atoms with Crippen molar-refractivity contribution in [1.82, 2.24) is 5.32 Å². The van der Waals surface area contributed by atoms with Crippen molar-refractivity contribution >= 4 is 5.91 Å². The zero-order chi connectivity index (χ0) is 14.2. The monoisotopic (exact) mass is 259 g/mol. The van der Waals surface area contributed by atoms with Crippen molar-refractivity contribution in [3.63, 3.8) is 0 Å². The molecule has 0 fully saturated rings. The van der Waals surface area contributed by atoms with Crippen LogP contribution >= 0.6 is 0 Å². The summed E-state index contributed by atoms with van der Waals surface area (Å²) in [5.74, 6) is 0.0568. The molecule has 0 rings (SSSR count). The molecule has 0 spiro atoms. The summed E-state index contributed by atoms with van der Waals surface area (Å²) in [6, 6.07) is 0. The van der Waals surface area contributed by atoms with Crippen molar-refractivity contribution in [2.75, 3.05) is 19.8 Å². The summed E-state index contributed by atoms with van der Waals surface area (Å²) >= 11 is 0. The molecule has 18 heavy (non-hydrogen) atoms. The highest BCUT2D eigenvalue weighted by molar-refractivity contribution is 5.75. The fourth-order valence-electron chi connectivity index (χ4n) is 1.52. The van der Waals surface area contributed by atoms with E-state index in [1.807, 2.05) is 27.7 Å². The predicted octanol–water partition coefficient (Wildman–Crippen LogP) is 2.51. The van der Waals surface area contributed by atoms with Crippen LogP contribution in [0.5, 0.6) is 0 Å². The number of nitrogens with one attached hydrogen (secondary N) is 1. The average molecular weight is 259 g/mol. The van der Waals surface area contributed by atoms with E-state index in [0.717, 1.165) is 6.42 Å². The minimum absolute atomic E-state index is 0.0568. The number of hydrogen-bond acceptors (Lipinski definition) is 3. The fraction of sp³-hybridized carbons (Fsp3) is 0.929. The Balaban J connectivity index is 3.92. The molecule has 0 saturated heterocycles. The van der Waals surface area contributed by atoms with Crippen LogP contribution in [0.3, 0.4) is 0 Å². The molecule has 108 valence electrons. The fourth-order valence-corrected chi connectivity index (χ4v) is 1.52. The molecule has 4 heteroatoms. The summed E-state index contributed by atoms with van der Waals surface area (Å²) in [6.45, 7) is 13.8. The van der Waals surface area contributed by atoms with Gasteiger partial charge in [-0.3, -0.25) is 4.79 Å². The predicted molar refractivity (Wildman–Crippen MR) is 73.7 cm³/mol. The van der Waals surface area contributed by atoms with Crippen LogP contribution in [-0.2, 0) is 14.3 Å². The number of amides is 1. The van der Waals surface area contributed by atoms with Gasteiger partial charge in [0.15, 0.2) is 0 Å². The van der Waals surface area contributed by atoms with E-state index in [0.29, 0.717) is 26.2 Å². The molecule has 0 aromatic rings. The van der Waals surface area contributed by atoms with Crippen molar-refractivity contribution in [3.05, 3.63) is 0 Å². The lowest BCUT2D eigenvalue weighted by Gasteiger charge is -2.29. The van der Waals surface area contributed by atoms with E-state index in [1.54, 1.807) is 0 Å². The molecule has 0 atom stereocenters. The Hall–Kier alpha value is -0.610. The van der Waals surface area contributed by atoms with Crippen LogP contribution in [0.1, 0.15) is 54.4 Å². The van der Waals surface area contributed by atoms with Crippen LogP contribution in [-0.4, -0.2) is 36.9 Å². The summed E-state index contributed by atoms with van der Waals surface area (Å²) < 4.78 is 11.4. The van der Waals surface area contributed by atoms with Crippen LogP contribution in [0.2, 0.25) is 0 Å². The minimum atomic E-state index is -0.340. The van der Waals surface area contributed by atoms with Gasteiger partial charge in [-0.15, -0.1) is 0 Å². The van der Waals surface area contributed by atoms with Crippen LogP contribution in [0.25, 0.3) is 0 Å². The molecule has 0 aromatic heterocycles. The topological polar surface area (TPSA) is 47.6 Å². The third kappa shape index (κ3) is 8.48. The normalized spacial score (nSPS) is 12.6. The maximum Gasteiger partial charge on any atom is 0.219 e. The quantitative estimate of drug-likeness (QED) is 0.692. The second-order valence-corrected chi connectivity index (χ2v) is 5.68. The zero-order valence-corrected chi connectivity index (χ0v) is 12.8. The van der Waals surface area contributed by atoms with Gasteiger partial charge in [-0.2, -0.15) is 0 Å². The Bertz CT molecular complexity index is 249. The first-order valence-electron chi connectivity index (χ1n) is 6.77. The van der Waals surface area contributed by atoms with Crippen molar-refractivity contribution in [1.29, 1.82) is 0 Å². The second-order valence-electron chi connectivity index (χ2n) is 5.68. The summed E-state index contributed by atoms with van der Waals surface area (Å²) in [4.78, 5) is 11.2. The van der Waals surface area contributed by atoms with E-state index in [9.17, 15) is 4.79 Å². The maximum atomic E-state index is 11.2. The number of carbonyl (C=O) groups is 1. The summed E-state index contributed by atoms with van der Waals surface area (Å²) in [5, 5.41) is 2.85. The Morgan fingerprint density at radius 2 is 1.67 bits per heavy atom. The van der Waals surface area contributed by atoms with Gasteiger partial charge in [-0.05, 0) is 41.0 Å². The molecule has 0 aliphatic carbocycles. The Kier molecular flexibility index (Phi) is 7.48. The van der Waals surface area contributed by atoms with Crippen LogP contribution < -0.4 is 5.32 Å². The molecule has 0 bridgehead atoms. The molecule has 4 nitrogen and oxygen atoms in total. The van der Waals surface area contributed by atoms with Gasteiger partial charge in [0.05, 0.1) is 17.8 Å². The van der Waals surface area contributed by atoms with Crippen LogP contribution in [0, 0.1) is 0 Å². The number of rotatable bonds is 9. The highest BCUT2D eigenvalue weighted by Gasteiger charge is 2.22. The lowest BCUT2D eigenvalue weighted by atomic mass is 10.1. The van der Waals surface area contributed by atoms with Gasteiger partial charge in [-0.25, -0.2) is 0 Å². The van der Waals surface area contributed by atoms with E-state index in [-0.39, 0.29) is 17.1 Å². The van der Waals surface area contributed by atoms with Crippen molar-refractivity contribution in [2.24, 2.45) is 0 Å². The van der Waals surface area contributed by atoms with Gasteiger partial charge in [-0.1, -0.05) is 6.92 Å². The Morgan fingerprint density at radius 1 is 1.06 bits per heavy atom. The molecule has 0 heterocycles. The largest absolute Gasteiger partial charge is 0.376 e. The third-order valence-electron chi connectivity index (χ3n) is 2.76.